The van der Waals surface area contributed by atoms with Crippen molar-refractivity contribution in [3.63, 3.8) is 0 Å². The smallest absolute Gasteiger partial charge is 0.497 e. The van der Waals surface area contributed by atoms with Gasteiger partial charge in [0.1, 0.15) is 22.7 Å². The molecule has 0 aliphatic rings. The number of fused-ring (bicyclic) bond motifs is 3. The maximum absolute atomic E-state index is 13.1. The van der Waals surface area contributed by atoms with Gasteiger partial charge in [-0.1, -0.05) is 54.6 Å². The number of hydrogen-bond acceptors (Lipinski definition) is 8. The Morgan fingerprint density at radius 3 is 1.92 bits per heavy atom. The standard InChI is InChI=1S/C37H27F3N4O5S/c1-47-28-12-8-26(9-13-28)36(25-6-4-3-5-7-25,27-10-14-29(48-2)15-11-27)44-33-19-20-41-23-31(33)30-16-17-32(43-35(30)44)24-18-21-42-34(22-24)49-50(45,46)37(38,39)40/h3-23H,1-2H3. The highest BCUT2D eigenvalue weighted by molar-refractivity contribution is 7.87. The second-order valence-corrected chi connectivity index (χ2v) is 12.7. The monoisotopic (exact) mass is 696 g/mol. The molecule has 0 unspecified atom stereocenters. The van der Waals surface area contributed by atoms with Crippen molar-refractivity contribution in [2.75, 3.05) is 14.2 Å². The molecule has 50 heavy (non-hydrogen) atoms. The quantitative estimate of drug-likeness (QED) is 0.0858. The van der Waals surface area contributed by atoms with Gasteiger partial charge in [0, 0.05) is 41.0 Å². The van der Waals surface area contributed by atoms with Gasteiger partial charge in [-0.3, -0.25) is 4.98 Å². The summed E-state index contributed by atoms with van der Waals surface area (Å²) in [6.07, 6.45) is 4.61. The van der Waals surface area contributed by atoms with Crippen LogP contribution in [0.25, 0.3) is 33.2 Å². The van der Waals surface area contributed by atoms with Gasteiger partial charge in [-0.2, -0.15) is 21.6 Å². The molecule has 7 aromatic rings. The molecule has 252 valence electrons. The molecular formula is C37H27F3N4O5S. The van der Waals surface area contributed by atoms with E-state index in [2.05, 4.69) is 18.7 Å². The van der Waals surface area contributed by atoms with Crippen LogP contribution in [0.15, 0.2) is 128 Å². The summed E-state index contributed by atoms with van der Waals surface area (Å²) < 4.78 is 80.3. The summed E-state index contributed by atoms with van der Waals surface area (Å²) in [4.78, 5) is 13.2. The molecule has 4 aromatic heterocycles. The molecule has 0 aliphatic heterocycles. The summed E-state index contributed by atoms with van der Waals surface area (Å²) in [5, 5.41) is 1.56. The number of rotatable bonds is 9. The van der Waals surface area contributed by atoms with Crippen molar-refractivity contribution in [2.45, 2.75) is 11.0 Å². The van der Waals surface area contributed by atoms with E-state index in [9.17, 15) is 21.6 Å². The number of pyridine rings is 3. The zero-order valence-corrected chi connectivity index (χ0v) is 27.3. The summed E-state index contributed by atoms with van der Waals surface area (Å²) >= 11 is 0. The number of hydrogen-bond donors (Lipinski definition) is 0. The van der Waals surface area contributed by atoms with E-state index in [1.165, 1.54) is 6.07 Å². The number of alkyl halides is 3. The fourth-order valence-corrected chi connectivity index (χ4v) is 6.65. The van der Waals surface area contributed by atoms with E-state index < -0.39 is 27.0 Å². The maximum Gasteiger partial charge on any atom is 0.534 e. The van der Waals surface area contributed by atoms with Crippen molar-refractivity contribution in [1.29, 1.82) is 0 Å². The Balaban J connectivity index is 1.56. The zero-order valence-electron chi connectivity index (χ0n) is 26.5. The molecule has 4 heterocycles. The molecule has 0 amide bonds. The Kier molecular flexibility index (Phi) is 8.14. The molecule has 0 saturated heterocycles. The molecule has 0 saturated carbocycles. The molecule has 0 fully saturated rings. The average Bonchev–Trinajstić information content (AvgIpc) is 3.46. The Morgan fingerprint density at radius 2 is 1.32 bits per heavy atom. The first-order valence-electron chi connectivity index (χ1n) is 15.1. The van der Waals surface area contributed by atoms with E-state index >= 15 is 0 Å². The fourth-order valence-electron chi connectivity index (χ4n) is 6.24. The summed E-state index contributed by atoms with van der Waals surface area (Å²) in [6, 6.07) is 33.5. The van der Waals surface area contributed by atoms with E-state index in [-0.39, 0.29) is 5.56 Å². The lowest BCUT2D eigenvalue weighted by atomic mass is 9.76. The molecule has 0 spiro atoms. The average molecular weight is 697 g/mol. The van der Waals surface area contributed by atoms with Crippen molar-refractivity contribution in [1.82, 2.24) is 19.5 Å². The second-order valence-electron chi connectivity index (χ2n) is 11.2. The van der Waals surface area contributed by atoms with Crippen LogP contribution >= 0.6 is 0 Å². The van der Waals surface area contributed by atoms with Gasteiger partial charge in [0.05, 0.1) is 25.4 Å². The van der Waals surface area contributed by atoms with Crippen molar-refractivity contribution >= 4 is 32.1 Å². The van der Waals surface area contributed by atoms with E-state index in [1.54, 1.807) is 32.7 Å². The van der Waals surface area contributed by atoms with Crippen LogP contribution in [-0.4, -0.2) is 47.7 Å². The van der Waals surface area contributed by atoms with Gasteiger partial charge in [-0.25, -0.2) is 9.97 Å². The maximum atomic E-state index is 13.1. The van der Waals surface area contributed by atoms with Gasteiger partial charge < -0.3 is 18.2 Å². The van der Waals surface area contributed by atoms with Crippen LogP contribution in [0.2, 0.25) is 0 Å². The highest BCUT2D eigenvalue weighted by Gasteiger charge is 2.49. The van der Waals surface area contributed by atoms with Crippen molar-refractivity contribution in [3.8, 4) is 28.6 Å². The van der Waals surface area contributed by atoms with Crippen LogP contribution in [0.3, 0.4) is 0 Å². The number of halogens is 3. The minimum Gasteiger partial charge on any atom is -0.497 e. The third kappa shape index (κ3) is 5.45. The largest absolute Gasteiger partial charge is 0.534 e. The molecule has 7 rings (SSSR count). The molecule has 3 aromatic carbocycles. The van der Waals surface area contributed by atoms with E-state index in [1.807, 2.05) is 91.0 Å². The highest BCUT2D eigenvalue weighted by Crippen LogP contribution is 2.47. The van der Waals surface area contributed by atoms with Crippen LogP contribution < -0.4 is 13.7 Å². The Bertz CT molecular complexity index is 2390. The Hall–Kier alpha value is -5.95. The van der Waals surface area contributed by atoms with Crippen LogP contribution in [0.1, 0.15) is 16.7 Å². The summed E-state index contributed by atoms with van der Waals surface area (Å²) in [6.45, 7) is 0. The fraction of sp³-hybridized carbons (Fsp3) is 0.108. The highest BCUT2D eigenvalue weighted by atomic mass is 32.2. The number of nitrogens with zero attached hydrogens (tertiary/aromatic N) is 4. The number of methoxy groups -OCH3 is 2. The van der Waals surface area contributed by atoms with Gasteiger partial charge >= 0.3 is 15.6 Å². The molecule has 0 N–H and O–H groups in total. The minimum absolute atomic E-state index is 0.281. The van der Waals surface area contributed by atoms with Gasteiger partial charge in [-0.15, -0.1) is 0 Å². The molecule has 0 aliphatic carbocycles. The zero-order chi connectivity index (χ0) is 35.1. The van der Waals surface area contributed by atoms with Crippen molar-refractivity contribution < 1.29 is 35.2 Å². The van der Waals surface area contributed by atoms with Crippen molar-refractivity contribution in [3.05, 3.63) is 144 Å². The normalized spacial score (nSPS) is 12.3. The van der Waals surface area contributed by atoms with Crippen LogP contribution in [-0.2, 0) is 15.7 Å². The molecule has 0 atom stereocenters. The first kappa shape index (κ1) is 32.6. The predicted octanol–water partition coefficient (Wildman–Crippen LogP) is 7.73. The Morgan fingerprint density at radius 1 is 0.700 bits per heavy atom. The number of aromatic nitrogens is 4. The van der Waals surface area contributed by atoms with Gasteiger partial charge in [-0.05, 0) is 65.2 Å². The first-order chi connectivity index (χ1) is 24.1. The van der Waals surface area contributed by atoms with E-state index in [0.717, 1.165) is 45.2 Å². The molecule has 0 bridgehead atoms. The number of ether oxygens (including phenoxy) is 2. The minimum atomic E-state index is -5.94. The van der Waals surface area contributed by atoms with E-state index in [0.29, 0.717) is 22.8 Å². The van der Waals surface area contributed by atoms with Crippen LogP contribution in [0, 0.1) is 0 Å². The van der Waals surface area contributed by atoms with Crippen molar-refractivity contribution in [2.24, 2.45) is 0 Å². The second kappa shape index (κ2) is 12.5. The lowest BCUT2D eigenvalue weighted by Crippen LogP contribution is -2.37. The number of benzene rings is 3. The van der Waals surface area contributed by atoms with E-state index in [4.69, 9.17) is 14.5 Å². The Labute approximate surface area is 284 Å². The third-order valence-corrected chi connectivity index (χ3v) is 9.42. The molecular weight excluding hydrogens is 669 g/mol. The van der Waals surface area contributed by atoms with Gasteiger partial charge in [0.25, 0.3) is 0 Å². The van der Waals surface area contributed by atoms with Gasteiger partial charge in [0.15, 0.2) is 0 Å². The molecule has 0 radical (unpaired) electrons. The topological polar surface area (TPSA) is 105 Å². The molecule has 13 heteroatoms. The van der Waals surface area contributed by atoms with Crippen LogP contribution in [0.5, 0.6) is 17.4 Å². The first-order valence-corrected chi connectivity index (χ1v) is 16.5. The van der Waals surface area contributed by atoms with Crippen LogP contribution in [0.4, 0.5) is 13.2 Å². The lowest BCUT2D eigenvalue weighted by molar-refractivity contribution is -0.0501. The summed E-state index contributed by atoms with van der Waals surface area (Å²) in [5.74, 6) is 0.586. The lowest BCUT2D eigenvalue weighted by Gasteiger charge is -2.39. The SMILES string of the molecule is COc1ccc(C(c2ccccc2)(c2ccc(OC)cc2)n2c3ccncc3c3ccc(-c4ccnc(OS(=O)(=O)C(F)(F)F)c4)nc32)cc1. The molecule has 9 nitrogen and oxygen atoms in total. The summed E-state index contributed by atoms with van der Waals surface area (Å²) in [7, 11) is -2.74. The van der Waals surface area contributed by atoms with Gasteiger partial charge in [0.2, 0.25) is 5.88 Å². The summed E-state index contributed by atoms with van der Waals surface area (Å²) in [5.41, 5.74) is -2.13. The predicted molar refractivity (Wildman–Crippen MR) is 182 cm³/mol. The third-order valence-electron chi connectivity index (χ3n) is 8.47.